The van der Waals surface area contributed by atoms with Crippen LogP contribution in [-0.4, -0.2) is 24.2 Å². The fourth-order valence-corrected chi connectivity index (χ4v) is 0.952. The van der Waals surface area contributed by atoms with Crippen molar-refractivity contribution >= 4 is 11.6 Å². The van der Waals surface area contributed by atoms with E-state index in [1.165, 1.54) is 19.1 Å². The highest BCUT2D eigenvalue weighted by Crippen LogP contribution is 2.13. The maximum atomic E-state index is 10.5. The highest BCUT2D eigenvalue weighted by molar-refractivity contribution is 5.88. The van der Waals surface area contributed by atoms with Gasteiger partial charge in [-0.05, 0) is 38.1 Å². The summed E-state index contributed by atoms with van der Waals surface area (Å²) in [5.74, 6) is 0.0785. The molecule has 0 unspecified atom stereocenters. The van der Waals surface area contributed by atoms with Gasteiger partial charge in [0, 0.05) is 25.8 Å². The van der Waals surface area contributed by atoms with Crippen molar-refractivity contribution in [3.05, 3.63) is 24.3 Å². The van der Waals surface area contributed by atoms with Crippen LogP contribution in [0.5, 0.6) is 5.75 Å². The largest absolute Gasteiger partial charge is 0.508 e. The van der Waals surface area contributed by atoms with Crippen LogP contribution in [-0.2, 0) is 9.53 Å². The number of nitrogens with one attached hydrogen (secondary N) is 1. The van der Waals surface area contributed by atoms with Crippen molar-refractivity contribution in [2.45, 2.75) is 20.8 Å². The molecular weight excluding hydrogens is 206 g/mol. The summed E-state index contributed by atoms with van der Waals surface area (Å²) in [6, 6.07) is 6.31. The molecule has 0 aliphatic heterocycles. The Kier molecular flexibility index (Phi) is 7.89. The molecule has 90 valence electrons. The Morgan fingerprint density at radius 1 is 1.25 bits per heavy atom. The summed E-state index contributed by atoms with van der Waals surface area (Å²) < 4.78 is 4.83. The first-order valence-electron chi connectivity index (χ1n) is 5.24. The van der Waals surface area contributed by atoms with E-state index < -0.39 is 0 Å². The molecule has 1 aromatic rings. The van der Waals surface area contributed by atoms with Crippen LogP contribution in [0.2, 0.25) is 0 Å². The topological polar surface area (TPSA) is 58.6 Å². The average molecular weight is 225 g/mol. The predicted octanol–water partition coefficient (Wildman–Crippen LogP) is 2.39. The molecule has 0 atom stereocenters. The van der Waals surface area contributed by atoms with Gasteiger partial charge in [0.1, 0.15) is 5.75 Å². The second-order valence-corrected chi connectivity index (χ2v) is 3.01. The Morgan fingerprint density at radius 2 is 1.75 bits per heavy atom. The SMILES string of the molecule is CC(=O)Nc1ccc(O)cc1.CCOCC. The third-order valence-electron chi connectivity index (χ3n) is 1.60. The lowest BCUT2D eigenvalue weighted by molar-refractivity contribution is -0.114. The molecule has 0 aliphatic carbocycles. The molecule has 4 nitrogen and oxygen atoms in total. The number of hydrogen-bond donors (Lipinski definition) is 2. The van der Waals surface area contributed by atoms with Crippen molar-refractivity contribution in [2.24, 2.45) is 0 Å². The van der Waals surface area contributed by atoms with Crippen LogP contribution in [0.4, 0.5) is 5.69 Å². The number of anilines is 1. The molecule has 4 heteroatoms. The molecule has 0 saturated carbocycles. The quantitative estimate of drug-likeness (QED) is 0.776. The van der Waals surface area contributed by atoms with E-state index in [-0.39, 0.29) is 11.7 Å². The first-order valence-corrected chi connectivity index (χ1v) is 5.24. The Bertz CT molecular complexity index is 294. The van der Waals surface area contributed by atoms with Crippen molar-refractivity contribution in [2.75, 3.05) is 18.5 Å². The van der Waals surface area contributed by atoms with Crippen LogP contribution in [0.1, 0.15) is 20.8 Å². The first kappa shape index (κ1) is 14.5. The van der Waals surface area contributed by atoms with Gasteiger partial charge in [-0.15, -0.1) is 0 Å². The van der Waals surface area contributed by atoms with Crippen molar-refractivity contribution in [1.82, 2.24) is 0 Å². The number of amides is 1. The molecular formula is C12H19NO3. The smallest absolute Gasteiger partial charge is 0.221 e. The summed E-state index contributed by atoms with van der Waals surface area (Å²) in [5, 5.41) is 11.5. The minimum atomic E-state index is -0.115. The number of phenols is 1. The Hall–Kier alpha value is -1.55. The maximum Gasteiger partial charge on any atom is 0.221 e. The fourth-order valence-electron chi connectivity index (χ4n) is 0.952. The van der Waals surface area contributed by atoms with Crippen LogP contribution in [0.15, 0.2) is 24.3 Å². The number of phenolic OH excluding ortho intramolecular Hbond substituents is 1. The first-order chi connectivity index (χ1) is 7.60. The van der Waals surface area contributed by atoms with Gasteiger partial charge in [-0.25, -0.2) is 0 Å². The molecule has 0 aliphatic rings. The number of rotatable bonds is 3. The van der Waals surface area contributed by atoms with Crippen LogP contribution >= 0.6 is 0 Å². The minimum Gasteiger partial charge on any atom is -0.508 e. The zero-order chi connectivity index (χ0) is 12.4. The van der Waals surface area contributed by atoms with Gasteiger partial charge in [0.2, 0.25) is 5.91 Å². The summed E-state index contributed by atoms with van der Waals surface area (Å²) in [6.45, 7) is 7.10. The molecule has 0 fully saturated rings. The lowest BCUT2D eigenvalue weighted by Gasteiger charge is -1.99. The number of hydrogen-bond acceptors (Lipinski definition) is 3. The molecule has 0 aromatic heterocycles. The minimum absolute atomic E-state index is 0.115. The zero-order valence-corrected chi connectivity index (χ0v) is 9.99. The second kappa shape index (κ2) is 8.73. The molecule has 0 bridgehead atoms. The maximum absolute atomic E-state index is 10.5. The monoisotopic (exact) mass is 225 g/mol. The lowest BCUT2D eigenvalue weighted by atomic mass is 10.3. The molecule has 0 radical (unpaired) electrons. The van der Waals surface area contributed by atoms with E-state index in [1.807, 2.05) is 13.8 Å². The van der Waals surface area contributed by atoms with E-state index in [4.69, 9.17) is 9.84 Å². The van der Waals surface area contributed by atoms with Gasteiger partial charge >= 0.3 is 0 Å². The molecule has 1 amide bonds. The number of carbonyl (C=O) groups is 1. The molecule has 0 heterocycles. The predicted molar refractivity (Wildman–Crippen MR) is 64.6 cm³/mol. The fraction of sp³-hybridized carbons (Fsp3) is 0.417. The summed E-state index contributed by atoms with van der Waals surface area (Å²) in [7, 11) is 0. The third kappa shape index (κ3) is 7.82. The summed E-state index contributed by atoms with van der Waals surface area (Å²) in [6.07, 6.45) is 0. The van der Waals surface area contributed by atoms with Crippen LogP contribution in [0.25, 0.3) is 0 Å². The van der Waals surface area contributed by atoms with Gasteiger partial charge in [0.15, 0.2) is 0 Å². The number of aromatic hydroxyl groups is 1. The van der Waals surface area contributed by atoms with E-state index in [0.717, 1.165) is 13.2 Å². The molecule has 1 rings (SSSR count). The van der Waals surface area contributed by atoms with Gasteiger partial charge < -0.3 is 15.2 Å². The van der Waals surface area contributed by atoms with Crippen LogP contribution < -0.4 is 5.32 Å². The number of ether oxygens (including phenoxy) is 1. The van der Waals surface area contributed by atoms with Crippen LogP contribution in [0.3, 0.4) is 0 Å². The van der Waals surface area contributed by atoms with E-state index in [9.17, 15) is 4.79 Å². The Labute approximate surface area is 96.2 Å². The zero-order valence-electron chi connectivity index (χ0n) is 9.99. The third-order valence-corrected chi connectivity index (χ3v) is 1.60. The van der Waals surface area contributed by atoms with Gasteiger partial charge in [0.25, 0.3) is 0 Å². The lowest BCUT2D eigenvalue weighted by Crippen LogP contribution is -2.04. The van der Waals surface area contributed by atoms with Gasteiger partial charge in [-0.2, -0.15) is 0 Å². The Balaban J connectivity index is 0.000000385. The van der Waals surface area contributed by atoms with Crippen LogP contribution in [0, 0.1) is 0 Å². The molecule has 2 N–H and O–H groups in total. The molecule has 16 heavy (non-hydrogen) atoms. The second-order valence-electron chi connectivity index (χ2n) is 3.01. The summed E-state index contributed by atoms with van der Waals surface area (Å²) in [4.78, 5) is 10.5. The average Bonchev–Trinajstić information content (AvgIpc) is 2.23. The standard InChI is InChI=1S/C8H9NO2.C4H10O/c1-6(10)9-7-2-4-8(11)5-3-7;1-3-5-4-2/h2-5,11H,1H3,(H,9,10);3-4H2,1-2H3. The summed E-state index contributed by atoms with van der Waals surface area (Å²) in [5.41, 5.74) is 0.690. The number of benzene rings is 1. The van der Waals surface area contributed by atoms with Crippen molar-refractivity contribution < 1.29 is 14.6 Å². The molecule has 0 saturated heterocycles. The number of carbonyl (C=O) groups excluding carboxylic acids is 1. The van der Waals surface area contributed by atoms with E-state index in [2.05, 4.69) is 5.32 Å². The normalized spacial score (nSPS) is 8.94. The van der Waals surface area contributed by atoms with Gasteiger partial charge in [0.05, 0.1) is 0 Å². The van der Waals surface area contributed by atoms with Gasteiger partial charge in [-0.1, -0.05) is 0 Å². The van der Waals surface area contributed by atoms with Crippen molar-refractivity contribution in [3.8, 4) is 5.75 Å². The molecule has 0 spiro atoms. The van der Waals surface area contributed by atoms with E-state index >= 15 is 0 Å². The van der Waals surface area contributed by atoms with E-state index in [0.29, 0.717) is 5.69 Å². The summed E-state index contributed by atoms with van der Waals surface area (Å²) >= 11 is 0. The van der Waals surface area contributed by atoms with Crippen molar-refractivity contribution in [1.29, 1.82) is 0 Å². The molecule has 1 aromatic carbocycles. The van der Waals surface area contributed by atoms with Crippen molar-refractivity contribution in [3.63, 3.8) is 0 Å². The Morgan fingerprint density at radius 3 is 2.06 bits per heavy atom. The highest BCUT2D eigenvalue weighted by atomic mass is 16.5. The van der Waals surface area contributed by atoms with Gasteiger partial charge in [-0.3, -0.25) is 4.79 Å². The van der Waals surface area contributed by atoms with E-state index in [1.54, 1.807) is 12.1 Å². The highest BCUT2D eigenvalue weighted by Gasteiger charge is 1.93.